The summed E-state index contributed by atoms with van der Waals surface area (Å²) in [4.78, 5) is 0. The van der Waals surface area contributed by atoms with Gasteiger partial charge in [-0.1, -0.05) is 39.3 Å². The van der Waals surface area contributed by atoms with E-state index >= 15 is 0 Å². The number of hydrogen-bond donors (Lipinski definition) is 1. The van der Waals surface area contributed by atoms with Crippen molar-refractivity contribution < 1.29 is 8.42 Å². The summed E-state index contributed by atoms with van der Waals surface area (Å²) >= 11 is 0. The first-order chi connectivity index (χ1) is 8.15. The molecule has 0 aromatic heterocycles. The predicted molar refractivity (Wildman–Crippen MR) is 77.6 cm³/mol. The highest BCUT2D eigenvalue weighted by atomic mass is 32.2. The summed E-state index contributed by atoms with van der Waals surface area (Å²) in [6.07, 6.45) is 3.36. The molecule has 0 aliphatic heterocycles. The van der Waals surface area contributed by atoms with E-state index in [1.807, 2.05) is 19.1 Å². The normalized spacial score (nSPS) is 12.5. The van der Waals surface area contributed by atoms with Crippen molar-refractivity contribution in [2.24, 2.45) is 0 Å². The average molecular weight is 269 g/mol. The van der Waals surface area contributed by atoms with E-state index in [0.29, 0.717) is 5.69 Å². The second-order valence-corrected chi connectivity index (χ2v) is 7.29. The van der Waals surface area contributed by atoms with Gasteiger partial charge in [0.1, 0.15) is 0 Å². The highest BCUT2D eigenvalue weighted by Gasteiger charge is 2.20. The molecule has 0 fully saturated rings. The first-order valence-corrected chi connectivity index (χ1v) is 8.14. The Labute approximate surface area is 111 Å². The Morgan fingerprint density at radius 2 is 1.89 bits per heavy atom. The van der Waals surface area contributed by atoms with E-state index in [0.717, 1.165) is 18.4 Å². The van der Waals surface area contributed by atoms with Crippen molar-refractivity contribution in [3.8, 4) is 0 Å². The molecule has 1 N–H and O–H groups in total. The van der Waals surface area contributed by atoms with Gasteiger partial charge in [-0.25, -0.2) is 8.42 Å². The van der Waals surface area contributed by atoms with E-state index in [9.17, 15) is 8.42 Å². The number of benzene rings is 1. The van der Waals surface area contributed by atoms with Crippen LogP contribution in [0, 0.1) is 6.92 Å². The van der Waals surface area contributed by atoms with E-state index in [1.54, 1.807) is 0 Å². The molecule has 0 saturated heterocycles. The van der Waals surface area contributed by atoms with Gasteiger partial charge in [-0.2, -0.15) is 0 Å². The summed E-state index contributed by atoms with van der Waals surface area (Å²) in [6, 6.07) is 6.00. The van der Waals surface area contributed by atoms with Crippen LogP contribution < -0.4 is 4.72 Å². The number of rotatable bonds is 5. The lowest BCUT2D eigenvalue weighted by Crippen LogP contribution is -2.18. The third-order valence-electron chi connectivity index (χ3n) is 3.19. The Bertz CT molecular complexity index is 519. The molecule has 1 aromatic carbocycles. The van der Waals surface area contributed by atoms with Gasteiger partial charge in [0.25, 0.3) is 0 Å². The lowest BCUT2D eigenvalue weighted by Gasteiger charge is -2.26. The average Bonchev–Trinajstić information content (AvgIpc) is 2.19. The lowest BCUT2D eigenvalue weighted by atomic mass is 9.80. The Hall–Kier alpha value is -1.03. The summed E-state index contributed by atoms with van der Waals surface area (Å²) in [5.74, 6) is 0. The summed E-state index contributed by atoms with van der Waals surface area (Å²) < 4.78 is 25.2. The summed E-state index contributed by atoms with van der Waals surface area (Å²) in [6.45, 7) is 8.44. The molecular weight excluding hydrogens is 246 g/mol. The third-order valence-corrected chi connectivity index (χ3v) is 3.78. The van der Waals surface area contributed by atoms with Gasteiger partial charge in [0.05, 0.1) is 11.9 Å². The number of anilines is 1. The molecule has 1 aromatic rings. The van der Waals surface area contributed by atoms with Crippen LogP contribution in [0.4, 0.5) is 5.69 Å². The second-order valence-electron chi connectivity index (χ2n) is 5.54. The Balaban J connectivity index is 3.15. The molecule has 102 valence electrons. The van der Waals surface area contributed by atoms with Crippen LogP contribution in [0.25, 0.3) is 0 Å². The van der Waals surface area contributed by atoms with E-state index in [-0.39, 0.29) is 5.41 Å². The maximum Gasteiger partial charge on any atom is 0.229 e. The maximum atomic E-state index is 11.3. The third kappa shape index (κ3) is 4.02. The highest BCUT2D eigenvalue weighted by Crippen LogP contribution is 2.31. The molecule has 0 aliphatic carbocycles. The van der Waals surface area contributed by atoms with Crippen molar-refractivity contribution in [1.82, 2.24) is 0 Å². The van der Waals surface area contributed by atoms with Crippen molar-refractivity contribution in [1.29, 1.82) is 0 Å². The van der Waals surface area contributed by atoms with Crippen LogP contribution in [0.2, 0.25) is 0 Å². The first kappa shape index (κ1) is 15.0. The molecule has 0 radical (unpaired) electrons. The minimum atomic E-state index is -3.22. The molecule has 0 spiro atoms. The SMILES string of the molecule is CCCC(C)(C)c1ccc(C)c(NS(C)(=O)=O)c1. The zero-order chi connectivity index (χ0) is 14.0. The van der Waals surface area contributed by atoms with Gasteiger partial charge in [0, 0.05) is 0 Å². The van der Waals surface area contributed by atoms with Crippen LogP contribution in [-0.4, -0.2) is 14.7 Å². The van der Waals surface area contributed by atoms with Crippen LogP contribution in [0.1, 0.15) is 44.7 Å². The Morgan fingerprint density at radius 3 is 2.39 bits per heavy atom. The molecule has 0 heterocycles. The van der Waals surface area contributed by atoms with Crippen molar-refractivity contribution >= 4 is 15.7 Å². The van der Waals surface area contributed by atoms with Crippen LogP contribution in [0.3, 0.4) is 0 Å². The van der Waals surface area contributed by atoms with Crippen LogP contribution in [0.5, 0.6) is 0 Å². The minimum Gasteiger partial charge on any atom is -0.284 e. The largest absolute Gasteiger partial charge is 0.284 e. The number of hydrogen-bond acceptors (Lipinski definition) is 2. The number of nitrogens with one attached hydrogen (secondary N) is 1. The van der Waals surface area contributed by atoms with Crippen molar-refractivity contribution in [2.75, 3.05) is 11.0 Å². The fourth-order valence-electron chi connectivity index (χ4n) is 2.12. The fraction of sp³-hybridized carbons (Fsp3) is 0.571. The summed E-state index contributed by atoms with van der Waals surface area (Å²) in [5.41, 5.74) is 2.85. The first-order valence-electron chi connectivity index (χ1n) is 6.24. The van der Waals surface area contributed by atoms with Crippen LogP contribution in [0.15, 0.2) is 18.2 Å². The van der Waals surface area contributed by atoms with Gasteiger partial charge in [-0.15, -0.1) is 0 Å². The monoisotopic (exact) mass is 269 g/mol. The summed E-state index contributed by atoms with van der Waals surface area (Å²) in [7, 11) is -3.22. The number of sulfonamides is 1. The molecule has 0 atom stereocenters. The van der Waals surface area contributed by atoms with Gasteiger partial charge >= 0.3 is 0 Å². The van der Waals surface area contributed by atoms with E-state index < -0.39 is 10.0 Å². The fourth-order valence-corrected chi connectivity index (χ4v) is 2.74. The molecular formula is C14H23NO2S. The quantitative estimate of drug-likeness (QED) is 0.890. The van der Waals surface area contributed by atoms with Crippen molar-refractivity contribution in [2.45, 2.75) is 46.0 Å². The minimum absolute atomic E-state index is 0.0659. The maximum absolute atomic E-state index is 11.3. The van der Waals surface area contributed by atoms with Crippen LogP contribution >= 0.6 is 0 Å². The molecule has 0 aliphatic rings. The smallest absolute Gasteiger partial charge is 0.229 e. The van der Waals surface area contributed by atoms with Gasteiger partial charge in [0.15, 0.2) is 0 Å². The van der Waals surface area contributed by atoms with Gasteiger partial charge < -0.3 is 0 Å². The molecule has 3 nitrogen and oxygen atoms in total. The van der Waals surface area contributed by atoms with E-state index in [1.165, 1.54) is 11.8 Å². The Kier molecular flexibility index (Phi) is 4.43. The molecule has 0 saturated carbocycles. The van der Waals surface area contributed by atoms with Gasteiger partial charge in [-0.3, -0.25) is 4.72 Å². The molecule has 0 unspecified atom stereocenters. The second kappa shape index (κ2) is 5.31. The molecule has 18 heavy (non-hydrogen) atoms. The van der Waals surface area contributed by atoms with E-state index in [2.05, 4.69) is 31.6 Å². The number of aryl methyl sites for hydroxylation is 1. The molecule has 4 heteroatoms. The summed E-state index contributed by atoms with van der Waals surface area (Å²) in [5, 5.41) is 0. The standard InChI is InChI=1S/C14H23NO2S/c1-6-9-14(3,4)12-8-7-11(2)13(10-12)15-18(5,16)17/h7-8,10,15H,6,9H2,1-5H3. The zero-order valence-corrected chi connectivity index (χ0v) is 12.7. The van der Waals surface area contributed by atoms with Crippen LogP contribution in [-0.2, 0) is 15.4 Å². The predicted octanol–water partition coefficient (Wildman–Crippen LogP) is 3.44. The van der Waals surface area contributed by atoms with Crippen molar-refractivity contribution in [3.05, 3.63) is 29.3 Å². The lowest BCUT2D eigenvalue weighted by molar-refractivity contribution is 0.473. The van der Waals surface area contributed by atoms with Crippen molar-refractivity contribution in [3.63, 3.8) is 0 Å². The Morgan fingerprint density at radius 1 is 1.28 bits per heavy atom. The molecule has 1 rings (SSSR count). The van der Waals surface area contributed by atoms with Gasteiger partial charge in [-0.05, 0) is 36.0 Å². The molecule has 0 amide bonds. The zero-order valence-electron chi connectivity index (χ0n) is 11.9. The van der Waals surface area contributed by atoms with E-state index in [4.69, 9.17) is 0 Å². The van der Waals surface area contributed by atoms with Gasteiger partial charge in [0.2, 0.25) is 10.0 Å². The molecule has 0 bridgehead atoms. The highest BCUT2D eigenvalue weighted by molar-refractivity contribution is 7.92. The topological polar surface area (TPSA) is 46.2 Å².